The second kappa shape index (κ2) is 2.20. The summed E-state index contributed by atoms with van der Waals surface area (Å²) in [5.41, 5.74) is 1.21. The summed E-state index contributed by atoms with van der Waals surface area (Å²) in [5, 5.41) is 0. The standard InChI is InChI=1S/C8H5N2O/c11-8-5-9-6-3-1-2-4-7(6)10-8/h1-3,5H,(H,10,11). The van der Waals surface area contributed by atoms with Crippen LogP contribution < -0.4 is 5.56 Å². The van der Waals surface area contributed by atoms with Crippen molar-refractivity contribution in [3.8, 4) is 0 Å². The van der Waals surface area contributed by atoms with Crippen LogP contribution in [0, 0.1) is 6.07 Å². The van der Waals surface area contributed by atoms with Gasteiger partial charge in [-0.25, -0.2) is 4.98 Å². The van der Waals surface area contributed by atoms with Gasteiger partial charge in [-0.15, -0.1) is 0 Å². The van der Waals surface area contributed by atoms with Crippen molar-refractivity contribution >= 4 is 11.0 Å². The number of aromatic nitrogens is 2. The van der Waals surface area contributed by atoms with Crippen molar-refractivity contribution in [1.82, 2.24) is 9.97 Å². The number of benzene rings is 1. The maximum Gasteiger partial charge on any atom is 0.266 e. The number of nitrogens with zero attached hydrogens (tertiary/aromatic N) is 1. The smallest absolute Gasteiger partial charge is 0.266 e. The molecular formula is C8H5N2O. The second-order valence-corrected chi connectivity index (χ2v) is 2.18. The van der Waals surface area contributed by atoms with Crippen molar-refractivity contribution in [3.63, 3.8) is 0 Å². The third kappa shape index (κ3) is 1.00. The zero-order valence-electron chi connectivity index (χ0n) is 5.66. The molecular weight excluding hydrogens is 140 g/mol. The molecule has 0 aliphatic rings. The minimum absolute atomic E-state index is 0.194. The van der Waals surface area contributed by atoms with Gasteiger partial charge in [0.25, 0.3) is 5.56 Å². The Kier molecular flexibility index (Phi) is 1.22. The van der Waals surface area contributed by atoms with E-state index in [2.05, 4.69) is 16.0 Å². The van der Waals surface area contributed by atoms with Crippen molar-refractivity contribution < 1.29 is 0 Å². The number of nitrogens with one attached hydrogen (secondary N) is 1. The summed E-state index contributed by atoms with van der Waals surface area (Å²) in [6.07, 6.45) is 1.26. The zero-order chi connectivity index (χ0) is 7.68. The largest absolute Gasteiger partial charge is 0.319 e. The summed E-state index contributed by atoms with van der Waals surface area (Å²) in [4.78, 5) is 17.3. The van der Waals surface area contributed by atoms with Crippen LogP contribution >= 0.6 is 0 Å². The molecule has 1 aromatic carbocycles. The molecule has 0 aliphatic carbocycles. The van der Waals surface area contributed by atoms with E-state index in [-0.39, 0.29) is 5.56 Å². The zero-order valence-corrected chi connectivity index (χ0v) is 5.66. The Morgan fingerprint density at radius 2 is 2.45 bits per heavy atom. The number of aromatic amines is 1. The number of para-hydroxylation sites is 1. The molecule has 0 fully saturated rings. The number of hydrogen-bond acceptors (Lipinski definition) is 2. The lowest BCUT2D eigenvalue weighted by Crippen LogP contribution is -2.04. The number of H-pyrrole nitrogens is 1. The minimum Gasteiger partial charge on any atom is -0.319 e. The summed E-state index contributed by atoms with van der Waals surface area (Å²) in [6, 6.07) is 8.26. The highest BCUT2D eigenvalue weighted by Crippen LogP contribution is 2.02. The van der Waals surface area contributed by atoms with Crippen molar-refractivity contribution in [1.29, 1.82) is 0 Å². The summed E-state index contributed by atoms with van der Waals surface area (Å²) in [7, 11) is 0. The Balaban J connectivity index is 2.94. The van der Waals surface area contributed by atoms with E-state index in [0.717, 1.165) is 5.52 Å². The fourth-order valence-electron chi connectivity index (χ4n) is 0.919. The SMILES string of the molecule is O=c1cnc2ccc[c]c2[nH]1. The normalized spacial score (nSPS) is 10.2. The van der Waals surface area contributed by atoms with Gasteiger partial charge in [-0.3, -0.25) is 4.79 Å². The Labute approximate surface area is 62.7 Å². The lowest BCUT2D eigenvalue weighted by molar-refractivity contribution is 1.22. The average molecular weight is 145 g/mol. The Morgan fingerprint density at radius 3 is 3.36 bits per heavy atom. The molecule has 0 saturated carbocycles. The first kappa shape index (κ1) is 6.09. The van der Waals surface area contributed by atoms with Crippen LogP contribution in [-0.2, 0) is 0 Å². The number of hydrogen-bond donors (Lipinski definition) is 1. The van der Waals surface area contributed by atoms with Crippen LogP contribution in [0.1, 0.15) is 0 Å². The van der Waals surface area contributed by atoms with Gasteiger partial charge in [-0.2, -0.15) is 0 Å². The van der Waals surface area contributed by atoms with Crippen molar-refractivity contribution in [3.05, 3.63) is 40.8 Å². The fourth-order valence-corrected chi connectivity index (χ4v) is 0.919. The van der Waals surface area contributed by atoms with Gasteiger partial charge in [0, 0.05) is 6.07 Å². The number of rotatable bonds is 0. The quantitative estimate of drug-likeness (QED) is 0.593. The highest BCUT2D eigenvalue weighted by molar-refractivity contribution is 5.72. The van der Waals surface area contributed by atoms with Gasteiger partial charge >= 0.3 is 0 Å². The lowest BCUT2D eigenvalue weighted by Gasteiger charge is -1.91. The van der Waals surface area contributed by atoms with Crippen LogP contribution in [0.3, 0.4) is 0 Å². The van der Waals surface area contributed by atoms with E-state index in [1.807, 2.05) is 12.1 Å². The minimum atomic E-state index is -0.194. The Bertz CT molecular complexity index is 433. The van der Waals surface area contributed by atoms with E-state index in [1.54, 1.807) is 6.07 Å². The van der Waals surface area contributed by atoms with Gasteiger partial charge in [-0.05, 0) is 6.07 Å². The van der Waals surface area contributed by atoms with E-state index in [4.69, 9.17) is 0 Å². The first-order valence-corrected chi connectivity index (χ1v) is 3.22. The van der Waals surface area contributed by atoms with Gasteiger partial charge in [0.1, 0.15) is 0 Å². The first-order valence-electron chi connectivity index (χ1n) is 3.22. The second-order valence-electron chi connectivity index (χ2n) is 2.18. The number of fused-ring (bicyclic) bond motifs is 1. The molecule has 1 radical (unpaired) electrons. The highest BCUT2D eigenvalue weighted by Gasteiger charge is 1.91. The van der Waals surface area contributed by atoms with Crippen LogP contribution in [0.4, 0.5) is 0 Å². The Hall–Kier alpha value is -1.64. The van der Waals surface area contributed by atoms with E-state index in [9.17, 15) is 4.79 Å². The fraction of sp³-hybridized carbons (Fsp3) is 0. The molecule has 0 saturated heterocycles. The van der Waals surface area contributed by atoms with Crippen molar-refractivity contribution in [2.75, 3.05) is 0 Å². The third-order valence-electron chi connectivity index (χ3n) is 1.40. The molecule has 2 aromatic rings. The molecule has 1 heterocycles. The molecule has 2 rings (SSSR count). The van der Waals surface area contributed by atoms with Crippen LogP contribution in [0.15, 0.2) is 29.2 Å². The molecule has 1 N–H and O–H groups in total. The summed E-state index contributed by atoms with van der Waals surface area (Å²) >= 11 is 0. The monoisotopic (exact) mass is 145 g/mol. The molecule has 0 spiro atoms. The molecule has 3 nitrogen and oxygen atoms in total. The molecule has 0 unspecified atom stereocenters. The molecule has 0 bridgehead atoms. The highest BCUT2D eigenvalue weighted by atomic mass is 16.1. The van der Waals surface area contributed by atoms with Crippen molar-refractivity contribution in [2.24, 2.45) is 0 Å². The predicted octanol–water partition coefficient (Wildman–Crippen LogP) is 0.723. The van der Waals surface area contributed by atoms with Gasteiger partial charge in [0.05, 0.1) is 17.2 Å². The molecule has 1 aromatic heterocycles. The van der Waals surface area contributed by atoms with Gasteiger partial charge in [0.2, 0.25) is 0 Å². The summed E-state index contributed by atoms with van der Waals surface area (Å²) in [6.45, 7) is 0. The molecule has 0 aliphatic heterocycles. The topological polar surface area (TPSA) is 45.8 Å². The van der Waals surface area contributed by atoms with Crippen LogP contribution in [0.5, 0.6) is 0 Å². The van der Waals surface area contributed by atoms with Crippen LogP contribution in [0.25, 0.3) is 11.0 Å². The maximum absolute atomic E-state index is 10.7. The van der Waals surface area contributed by atoms with E-state index in [0.29, 0.717) is 5.52 Å². The van der Waals surface area contributed by atoms with Crippen molar-refractivity contribution in [2.45, 2.75) is 0 Å². The third-order valence-corrected chi connectivity index (χ3v) is 1.40. The lowest BCUT2D eigenvalue weighted by atomic mass is 10.3. The first-order chi connectivity index (χ1) is 5.36. The summed E-state index contributed by atoms with van der Waals surface area (Å²) < 4.78 is 0. The molecule has 3 heteroatoms. The summed E-state index contributed by atoms with van der Waals surface area (Å²) in [5.74, 6) is 0. The van der Waals surface area contributed by atoms with Gasteiger partial charge in [-0.1, -0.05) is 12.1 Å². The van der Waals surface area contributed by atoms with Gasteiger partial charge < -0.3 is 4.98 Å². The van der Waals surface area contributed by atoms with E-state index >= 15 is 0 Å². The maximum atomic E-state index is 10.7. The molecule has 11 heavy (non-hydrogen) atoms. The predicted molar refractivity (Wildman–Crippen MR) is 41.2 cm³/mol. The molecule has 0 amide bonds. The van der Waals surface area contributed by atoms with Crippen LogP contribution in [0.2, 0.25) is 0 Å². The van der Waals surface area contributed by atoms with Gasteiger partial charge in [0.15, 0.2) is 0 Å². The average Bonchev–Trinajstić information content (AvgIpc) is 2.04. The Morgan fingerprint density at radius 1 is 1.55 bits per heavy atom. The molecule has 0 atom stereocenters. The van der Waals surface area contributed by atoms with E-state index < -0.39 is 0 Å². The van der Waals surface area contributed by atoms with Crippen LogP contribution in [-0.4, -0.2) is 9.97 Å². The van der Waals surface area contributed by atoms with E-state index in [1.165, 1.54) is 6.20 Å². The molecule has 53 valence electrons.